The fourth-order valence-electron chi connectivity index (χ4n) is 1.78. The number of sulfonamides is 1. The summed E-state index contributed by atoms with van der Waals surface area (Å²) in [5.41, 5.74) is 0. The van der Waals surface area contributed by atoms with Gasteiger partial charge >= 0.3 is 0 Å². The number of carbonyl (C=O) groups excluding carboxylic acids is 1. The van der Waals surface area contributed by atoms with E-state index in [0.717, 1.165) is 10.4 Å². The molecule has 0 spiro atoms. The zero-order valence-electron chi connectivity index (χ0n) is 10.2. The SMILES string of the molecule is COc1ccc(S(=O)(=O)N2CCNC(=O)C2)cc1F. The van der Waals surface area contributed by atoms with Crippen LogP contribution in [0.4, 0.5) is 4.39 Å². The number of carbonyl (C=O) groups is 1. The Morgan fingerprint density at radius 2 is 2.16 bits per heavy atom. The number of piperazine rings is 1. The minimum Gasteiger partial charge on any atom is -0.494 e. The monoisotopic (exact) mass is 288 g/mol. The lowest BCUT2D eigenvalue weighted by Crippen LogP contribution is -2.49. The van der Waals surface area contributed by atoms with Crippen molar-refractivity contribution in [1.29, 1.82) is 0 Å². The van der Waals surface area contributed by atoms with Gasteiger partial charge in [-0.3, -0.25) is 4.79 Å². The largest absolute Gasteiger partial charge is 0.494 e. The molecule has 0 atom stereocenters. The topological polar surface area (TPSA) is 75.7 Å². The van der Waals surface area contributed by atoms with Gasteiger partial charge in [-0.2, -0.15) is 4.31 Å². The predicted octanol–water partition coefficient (Wildman–Crippen LogP) is -0.0452. The second kappa shape index (κ2) is 5.14. The van der Waals surface area contributed by atoms with E-state index >= 15 is 0 Å². The van der Waals surface area contributed by atoms with Crippen molar-refractivity contribution in [3.8, 4) is 5.75 Å². The van der Waals surface area contributed by atoms with Gasteiger partial charge in [-0.05, 0) is 18.2 Å². The smallest absolute Gasteiger partial charge is 0.243 e. The predicted molar refractivity (Wildman–Crippen MR) is 64.7 cm³/mol. The first-order chi connectivity index (χ1) is 8.95. The van der Waals surface area contributed by atoms with Crippen LogP contribution in [0.5, 0.6) is 5.75 Å². The fourth-order valence-corrected chi connectivity index (χ4v) is 3.19. The Kier molecular flexibility index (Phi) is 3.72. The molecule has 0 saturated carbocycles. The highest BCUT2D eigenvalue weighted by atomic mass is 32.2. The summed E-state index contributed by atoms with van der Waals surface area (Å²) in [6.07, 6.45) is 0. The molecule has 8 heteroatoms. The van der Waals surface area contributed by atoms with E-state index in [1.54, 1.807) is 0 Å². The van der Waals surface area contributed by atoms with E-state index in [-0.39, 0.29) is 36.2 Å². The molecular weight excluding hydrogens is 275 g/mol. The van der Waals surface area contributed by atoms with Crippen LogP contribution in [0.1, 0.15) is 0 Å². The minimum atomic E-state index is -3.87. The van der Waals surface area contributed by atoms with Gasteiger partial charge in [-0.25, -0.2) is 12.8 Å². The summed E-state index contributed by atoms with van der Waals surface area (Å²) in [5.74, 6) is -1.16. The number of ether oxygens (including phenoxy) is 1. The number of nitrogens with zero attached hydrogens (tertiary/aromatic N) is 1. The summed E-state index contributed by atoms with van der Waals surface area (Å²) in [5, 5.41) is 2.53. The molecule has 1 aliphatic heterocycles. The number of methoxy groups -OCH3 is 1. The van der Waals surface area contributed by atoms with Crippen LogP contribution in [0.3, 0.4) is 0 Å². The molecule has 1 heterocycles. The van der Waals surface area contributed by atoms with E-state index in [1.165, 1.54) is 19.2 Å². The van der Waals surface area contributed by atoms with Gasteiger partial charge in [-0.15, -0.1) is 0 Å². The van der Waals surface area contributed by atoms with E-state index in [0.29, 0.717) is 0 Å². The molecule has 0 radical (unpaired) electrons. The molecule has 1 aromatic carbocycles. The zero-order valence-corrected chi connectivity index (χ0v) is 11.0. The maximum absolute atomic E-state index is 13.5. The molecule has 1 aliphatic rings. The summed E-state index contributed by atoms with van der Waals surface area (Å²) >= 11 is 0. The van der Waals surface area contributed by atoms with E-state index in [2.05, 4.69) is 5.32 Å². The van der Waals surface area contributed by atoms with Crippen LogP contribution in [-0.4, -0.2) is 45.4 Å². The molecule has 1 fully saturated rings. The number of hydrogen-bond donors (Lipinski definition) is 1. The Bertz CT molecular complexity index is 603. The summed E-state index contributed by atoms with van der Waals surface area (Å²) in [4.78, 5) is 11.0. The van der Waals surface area contributed by atoms with Crippen molar-refractivity contribution in [2.75, 3.05) is 26.7 Å². The lowest BCUT2D eigenvalue weighted by Gasteiger charge is -2.25. The third kappa shape index (κ3) is 2.69. The first-order valence-corrected chi connectivity index (χ1v) is 6.99. The van der Waals surface area contributed by atoms with Gasteiger partial charge < -0.3 is 10.1 Å². The molecule has 1 saturated heterocycles. The molecular formula is C11H13FN2O4S. The van der Waals surface area contributed by atoms with Gasteiger partial charge in [-0.1, -0.05) is 0 Å². The molecule has 1 aromatic rings. The number of halogens is 1. The lowest BCUT2D eigenvalue weighted by molar-refractivity contribution is -0.122. The van der Waals surface area contributed by atoms with Gasteiger partial charge in [0.25, 0.3) is 0 Å². The average Bonchev–Trinajstić information content (AvgIpc) is 2.38. The molecule has 19 heavy (non-hydrogen) atoms. The van der Waals surface area contributed by atoms with E-state index in [9.17, 15) is 17.6 Å². The molecule has 0 aromatic heterocycles. The first kappa shape index (κ1) is 13.8. The van der Waals surface area contributed by atoms with Crippen molar-refractivity contribution in [2.24, 2.45) is 0 Å². The highest BCUT2D eigenvalue weighted by Crippen LogP contribution is 2.23. The van der Waals surface area contributed by atoms with Crippen molar-refractivity contribution in [1.82, 2.24) is 9.62 Å². The second-order valence-corrected chi connectivity index (χ2v) is 5.92. The Morgan fingerprint density at radius 1 is 1.42 bits per heavy atom. The molecule has 0 unspecified atom stereocenters. The standard InChI is InChI=1S/C11H13FN2O4S/c1-18-10-3-2-8(6-9(10)12)19(16,17)14-5-4-13-11(15)7-14/h2-3,6H,4-5,7H2,1H3,(H,13,15). The van der Waals surface area contributed by atoms with Gasteiger partial charge in [0.15, 0.2) is 11.6 Å². The van der Waals surface area contributed by atoms with Crippen molar-refractivity contribution in [3.05, 3.63) is 24.0 Å². The van der Waals surface area contributed by atoms with Crippen LogP contribution >= 0.6 is 0 Å². The molecule has 2 rings (SSSR count). The number of rotatable bonds is 3. The number of benzene rings is 1. The summed E-state index contributed by atoms with van der Waals surface area (Å²) in [6.45, 7) is 0.161. The lowest BCUT2D eigenvalue weighted by atomic mass is 10.3. The van der Waals surface area contributed by atoms with Crippen molar-refractivity contribution in [2.45, 2.75) is 4.90 Å². The molecule has 1 amide bonds. The quantitative estimate of drug-likeness (QED) is 0.846. The van der Waals surface area contributed by atoms with Gasteiger partial charge in [0.2, 0.25) is 15.9 Å². The highest BCUT2D eigenvalue weighted by molar-refractivity contribution is 7.89. The normalized spacial score (nSPS) is 17.1. The minimum absolute atomic E-state index is 0.0321. The van der Waals surface area contributed by atoms with Crippen molar-refractivity contribution in [3.63, 3.8) is 0 Å². The Hall–Kier alpha value is -1.67. The third-order valence-corrected chi connectivity index (χ3v) is 4.61. The molecule has 6 nitrogen and oxygen atoms in total. The number of hydrogen-bond acceptors (Lipinski definition) is 4. The second-order valence-electron chi connectivity index (χ2n) is 3.98. The summed E-state index contributed by atoms with van der Waals surface area (Å²) < 4.78 is 43.7. The van der Waals surface area contributed by atoms with Gasteiger partial charge in [0.1, 0.15) is 0 Å². The molecule has 104 valence electrons. The van der Waals surface area contributed by atoms with E-state index in [4.69, 9.17) is 4.74 Å². The Labute approximate surface area is 110 Å². The fraction of sp³-hybridized carbons (Fsp3) is 0.364. The van der Waals surface area contributed by atoms with Crippen LogP contribution in [0.25, 0.3) is 0 Å². The maximum atomic E-state index is 13.5. The van der Waals surface area contributed by atoms with Gasteiger partial charge in [0.05, 0.1) is 18.6 Å². The highest BCUT2D eigenvalue weighted by Gasteiger charge is 2.29. The summed E-state index contributed by atoms with van der Waals surface area (Å²) in [6, 6.07) is 3.39. The van der Waals surface area contributed by atoms with Crippen LogP contribution in [0.2, 0.25) is 0 Å². The third-order valence-electron chi connectivity index (χ3n) is 2.76. The Morgan fingerprint density at radius 3 is 2.74 bits per heavy atom. The van der Waals surface area contributed by atoms with Crippen molar-refractivity contribution < 1.29 is 22.3 Å². The molecule has 0 bridgehead atoms. The first-order valence-electron chi connectivity index (χ1n) is 5.55. The molecule has 0 aliphatic carbocycles. The average molecular weight is 288 g/mol. The van der Waals surface area contributed by atoms with Crippen molar-refractivity contribution >= 4 is 15.9 Å². The summed E-state index contributed by atoms with van der Waals surface area (Å²) in [7, 11) is -2.57. The van der Waals surface area contributed by atoms with Gasteiger partial charge in [0, 0.05) is 13.1 Å². The van der Waals surface area contributed by atoms with E-state index in [1.807, 2.05) is 0 Å². The maximum Gasteiger partial charge on any atom is 0.243 e. The molecule has 1 N–H and O–H groups in total. The van der Waals surface area contributed by atoms with Crippen LogP contribution in [-0.2, 0) is 14.8 Å². The van der Waals surface area contributed by atoms with Crippen LogP contribution in [0.15, 0.2) is 23.1 Å². The van der Waals surface area contributed by atoms with Crippen LogP contribution in [0, 0.1) is 5.82 Å². The zero-order chi connectivity index (χ0) is 14.0. The number of nitrogens with one attached hydrogen (secondary N) is 1. The van der Waals surface area contributed by atoms with Crippen LogP contribution < -0.4 is 10.1 Å². The number of amides is 1. The van der Waals surface area contributed by atoms with E-state index < -0.39 is 15.8 Å². The Balaban J connectivity index is 2.33.